The van der Waals surface area contributed by atoms with Gasteiger partial charge in [-0.3, -0.25) is 19.8 Å². The Labute approximate surface area is 172 Å². The summed E-state index contributed by atoms with van der Waals surface area (Å²) in [5.74, 6) is -0.173. The number of carbonyl (C=O) groups is 1. The number of aliphatic imine (C=N–C) groups is 1. The lowest BCUT2D eigenvalue weighted by Crippen LogP contribution is -2.28. The second-order valence-corrected chi connectivity index (χ2v) is 7.71. The Hall–Kier alpha value is -2.64. The fourth-order valence-electron chi connectivity index (χ4n) is 2.69. The van der Waals surface area contributed by atoms with Crippen molar-refractivity contribution in [1.82, 2.24) is 4.90 Å². The van der Waals surface area contributed by atoms with Gasteiger partial charge in [-0.25, -0.2) is 4.99 Å². The minimum Gasteiger partial charge on any atom is -0.287 e. The van der Waals surface area contributed by atoms with Crippen LogP contribution < -0.4 is 0 Å². The predicted octanol–water partition coefficient (Wildman–Crippen LogP) is 5.49. The number of amides is 1. The zero-order chi connectivity index (χ0) is 20.4. The van der Waals surface area contributed by atoms with Gasteiger partial charge in [0.05, 0.1) is 15.5 Å². The summed E-state index contributed by atoms with van der Waals surface area (Å²) in [5.41, 5.74) is 3.43. The number of benzene rings is 2. The largest absolute Gasteiger partial charge is 0.288 e. The average molecular weight is 416 g/mol. The number of rotatable bonds is 4. The normalized spacial score (nSPS) is 17.0. The van der Waals surface area contributed by atoms with Crippen LogP contribution in [-0.2, 0) is 4.79 Å². The Kier molecular flexibility index (Phi) is 5.86. The van der Waals surface area contributed by atoms with Crippen molar-refractivity contribution in [3.8, 4) is 0 Å². The first kappa shape index (κ1) is 20.1. The van der Waals surface area contributed by atoms with Crippen molar-refractivity contribution < 1.29 is 9.72 Å². The Balaban J connectivity index is 1.96. The molecular formula is C20H18ClN3O3S. The number of nitro benzene ring substituents is 1. The van der Waals surface area contributed by atoms with E-state index < -0.39 is 4.92 Å². The molecule has 1 saturated heterocycles. The number of amidine groups is 1. The number of aryl methyl sites for hydroxylation is 2. The molecule has 0 N–H and O–H groups in total. The quantitative estimate of drug-likeness (QED) is 0.376. The van der Waals surface area contributed by atoms with Crippen LogP contribution in [0.4, 0.5) is 11.4 Å². The van der Waals surface area contributed by atoms with Gasteiger partial charge in [-0.1, -0.05) is 23.7 Å². The summed E-state index contributed by atoms with van der Waals surface area (Å²) in [6.45, 7) is 6.41. The number of carbonyl (C=O) groups excluding carboxylic acids is 1. The molecule has 1 fully saturated rings. The molecule has 0 aliphatic carbocycles. The van der Waals surface area contributed by atoms with E-state index in [1.807, 2.05) is 39.0 Å². The topological polar surface area (TPSA) is 75.8 Å². The van der Waals surface area contributed by atoms with Crippen LogP contribution >= 0.6 is 23.4 Å². The molecular weight excluding hydrogens is 398 g/mol. The molecule has 3 rings (SSSR count). The van der Waals surface area contributed by atoms with Crippen LogP contribution in [-0.4, -0.2) is 27.4 Å². The monoisotopic (exact) mass is 415 g/mol. The first-order valence-electron chi connectivity index (χ1n) is 8.61. The van der Waals surface area contributed by atoms with Gasteiger partial charge in [0.2, 0.25) is 0 Å². The summed E-state index contributed by atoms with van der Waals surface area (Å²) < 4.78 is 0. The van der Waals surface area contributed by atoms with E-state index in [0.29, 0.717) is 22.2 Å². The molecule has 0 unspecified atom stereocenters. The standard InChI is InChI=1S/C20H18ClN3O3S/c1-4-23-19(25)18(11-14-6-8-16(21)17(10-14)24(26)27)28-20(23)22-15-7-5-12(2)13(3)9-15/h5-11H,4H2,1-3H3/b18-11+,22-20?. The molecule has 8 heteroatoms. The van der Waals surface area contributed by atoms with E-state index in [1.54, 1.807) is 17.0 Å². The summed E-state index contributed by atoms with van der Waals surface area (Å²) in [6.07, 6.45) is 1.63. The van der Waals surface area contributed by atoms with Crippen LogP contribution in [0.1, 0.15) is 23.6 Å². The van der Waals surface area contributed by atoms with Crippen LogP contribution in [0.25, 0.3) is 6.08 Å². The Bertz CT molecular complexity index is 1030. The average Bonchev–Trinajstić information content (AvgIpc) is 2.94. The fourth-order valence-corrected chi connectivity index (χ4v) is 3.94. The second kappa shape index (κ2) is 8.16. The highest BCUT2D eigenvalue weighted by Crippen LogP contribution is 2.35. The lowest BCUT2D eigenvalue weighted by atomic mass is 10.1. The molecule has 28 heavy (non-hydrogen) atoms. The third-order valence-corrected chi connectivity index (χ3v) is 5.71. The van der Waals surface area contributed by atoms with Crippen molar-refractivity contribution in [2.45, 2.75) is 20.8 Å². The molecule has 0 bridgehead atoms. The van der Waals surface area contributed by atoms with E-state index in [4.69, 9.17) is 11.6 Å². The van der Waals surface area contributed by atoms with Gasteiger partial charge < -0.3 is 0 Å². The predicted molar refractivity (Wildman–Crippen MR) is 114 cm³/mol. The summed E-state index contributed by atoms with van der Waals surface area (Å²) >= 11 is 7.11. The van der Waals surface area contributed by atoms with Crippen LogP contribution in [0.15, 0.2) is 46.3 Å². The minimum atomic E-state index is -0.543. The maximum Gasteiger partial charge on any atom is 0.288 e. The first-order chi connectivity index (χ1) is 13.3. The Morgan fingerprint density at radius 2 is 1.96 bits per heavy atom. The number of nitro groups is 1. The molecule has 1 aliphatic heterocycles. The van der Waals surface area contributed by atoms with Crippen molar-refractivity contribution in [3.05, 3.63) is 73.1 Å². The highest BCUT2D eigenvalue weighted by atomic mass is 35.5. The zero-order valence-corrected chi connectivity index (χ0v) is 17.2. The highest BCUT2D eigenvalue weighted by molar-refractivity contribution is 8.18. The molecule has 0 saturated carbocycles. The van der Waals surface area contributed by atoms with Gasteiger partial charge in [0.25, 0.3) is 11.6 Å². The minimum absolute atomic E-state index is 0.0599. The lowest BCUT2D eigenvalue weighted by Gasteiger charge is -2.12. The molecule has 2 aromatic carbocycles. The zero-order valence-electron chi connectivity index (χ0n) is 15.6. The fraction of sp³-hybridized carbons (Fsp3) is 0.200. The van der Waals surface area contributed by atoms with Crippen molar-refractivity contribution >= 4 is 51.9 Å². The molecule has 1 amide bonds. The molecule has 1 heterocycles. The van der Waals surface area contributed by atoms with Crippen LogP contribution in [0, 0.1) is 24.0 Å². The van der Waals surface area contributed by atoms with Crippen LogP contribution in [0.5, 0.6) is 0 Å². The maximum absolute atomic E-state index is 12.7. The molecule has 2 aromatic rings. The third-order valence-electron chi connectivity index (χ3n) is 4.38. The van der Waals surface area contributed by atoms with E-state index in [1.165, 1.54) is 29.5 Å². The Morgan fingerprint density at radius 1 is 1.21 bits per heavy atom. The van der Waals surface area contributed by atoms with Gasteiger partial charge in [0.15, 0.2) is 5.17 Å². The van der Waals surface area contributed by atoms with E-state index in [0.717, 1.165) is 11.3 Å². The summed E-state index contributed by atoms with van der Waals surface area (Å²) in [5, 5.41) is 11.7. The molecule has 0 radical (unpaired) electrons. The van der Waals surface area contributed by atoms with Crippen LogP contribution in [0.2, 0.25) is 5.02 Å². The van der Waals surface area contributed by atoms with Crippen molar-refractivity contribution in [2.24, 2.45) is 4.99 Å². The van der Waals surface area contributed by atoms with Crippen LogP contribution in [0.3, 0.4) is 0 Å². The molecule has 6 nitrogen and oxygen atoms in total. The third kappa shape index (κ3) is 4.10. The van der Waals surface area contributed by atoms with E-state index >= 15 is 0 Å². The Morgan fingerprint density at radius 3 is 2.61 bits per heavy atom. The van der Waals surface area contributed by atoms with Gasteiger partial charge in [-0.2, -0.15) is 0 Å². The number of nitrogens with zero attached hydrogens (tertiary/aromatic N) is 3. The van der Waals surface area contributed by atoms with Gasteiger partial charge in [-0.15, -0.1) is 0 Å². The number of hydrogen-bond acceptors (Lipinski definition) is 5. The van der Waals surface area contributed by atoms with E-state index in [9.17, 15) is 14.9 Å². The molecule has 144 valence electrons. The van der Waals surface area contributed by atoms with Crippen molar-refractivity contribution in [3.63, 3.8) is 0 Å². The summed E-state index contributed by atoms with van der Waals surface area (Å²) in [7, 11) is 0. The molecule has 0 aromatic heterocycles. The summed E-state index contributed by atoms with van der Waals surface area (Å²) in [6, 6.07) is 10.3. The molecule has 0 atom stereocenters. The molecule has 0 spiro atoms. The van der Waals surface area contributed by atoms with Gasteiger partial charge in [-0.05, 0) is 73.5 Å². The highest BCUT2D eigenvalue weighted by Gasteiger charge is 2.32. The lowest BCUT2D eigenvalue weighted by molar-refractivity contribution is -0.384. The van der Waals surface area contributed by atoms with Gasteiger partial charge in [0.1, 0.15) is 5.02 Å². The van der Waals surface area contributed by atoms with E-state index in [-0.39, 0.29) is 16.6 Å². The number of hydrogen-bond donors (Lipinski definition) is 0. The first-order valence-corrected chi connectivity index (χ1v) is 9.81. The second-order valence-electron chi connectivity index (χ2n) is 6.29. The number of halogens is 1. The smallest absolute Gasteiger partial charge is 0.287 e. The number of likely N-dealkylation sites (N-methyl/N-ethyl adjacent to an activating group) is 1. The summed E-state index contributed by atoms with van der Waals surface area (Å²) in [4.78, 5) is 30.0. The molecule has 1 aliphatic rings. The van der Waals surface area contributed by atoms with Crippen molar-refractivity contribution in [1.29, 1.82) is 0 Å². The SMILES string of the molecule is CCN1C(=O)/C(=C\c2ccc(Cl)c([N+](=O)[O-])c2)SC1=Nc1ccc(C)c(C)c1. The van der Waals surface area contributed by atoms with Gasteiger partial charge >= 0.3 is 0 Å². The van der Waals surface area contributed by atoms with E-state index in [2.05, 4.69) is 4.99 Å². The number of thioether (sulfide) groups is 1. The van der Waals surface area contributed by atoms with Gasteiger partial charge in [0, 0.05) is 12.6 Å². The van der Waals surface area contributed by atoms with Crippen molar-refractivity contribution in [2.75, 3.05) is 6.54 Å². The maximum atomic E-state index is 12.7.